The number of aliphatic hydroxyl groups is 1. The van der Waals surface area contributed by atoms with Crippen molar-refractivity contribution in [1.29, 1.82) is 0 Å². The Morgan fingerprint density at radius 1 is 1.43 bits per heavy atom. The average Bonchev–Trinajstić information content (AvgIpc) is 3.28. The molecule has 122 valence electrons. The number of hydrogen-bond acceptors (Lipinski definition) is 5. The molecule has 5 nitrogen and oxygen atoms in total. The first-order valence-corrected chi connectivity index (χ1v) is 8.67. The predicted molar refractivity (Wildman–Crippen MR) is 92.4 cm³/mol. The Hall–Kier alpha value is -1.76. The van der Waals surface area contributed by atoms with Crippen molar-refractivity contribution in [1.82, 2.24) is 9.88 Å². The summed E-state index contributed by atoms with van der Waals surface area (Å²) in [5.74, 6) is 0.317. The van der Waals surface area contributed by atoms with Gasteiger partial charge in [0, 0.05) is 17.5 Å². The van der Waals surface area contributed by atoms with Crippen LogP contribution in [0.2, 0.25) is 0 Å². The molecule has 3 rings (SSSR count). The Labute approximate surface area is 140 Å². The second-order valence-corrected chi connectivity index (χ2v) is 6.91. The third-order valence-corrected chi connectivity index (χ3v) is 4.66. The zero-order valence-electron chi connectivity index (χ0n) is 13.1. The molecule has 2 aromatic rings. The summed E-state index contributed by atoms with van der Waals surface area (Å²) in [6.45, 7) is 0.787. The van der Waals surface area contributed by atoms with Crippen molar-refractivity contribution in [2.45, 2.75) is 18.9 Å². The molecular formula is C17H21N3O2S. The third-order valence-electron chi connectivity index (χ3n) is 3.90. The molecule has 2 N–H and O–H groups in total. The monoisotopic (exact) mass is 331 g/mol. The molecule has 0 aliphatic heterocycles. The van der Waals surface area contributed by atoms with Crippen LogP contribution in [0.5, 0.6) is 0 Å². The van der Waals surface area contributed by atoms with Crippen molar-refractivity contribution in [2.24, 2.45) is 5.92 Å². The van der Waals surface area contributed by atoms with Crippen molar-refractivity contribution >= 4 is 22.4 Å². The summed E-state index contributed by atoms with van der Waals surface area (Å²) < 4.78 is 0. The minimum absolute atomic E-state index is 0.107. The number of carbonyl (C=O) groups excluding carboxylic acids is 1. The first kappa shape index (κ1) is 16.1. The molecule has 0 bridgehead atoms. The number of amides is 1. The molecule has 1 heterocycles. The van der Waals surface area contributed by atoms with Gasteiger partial charge < -0.3 is 10.4 Å². The number of carbonyl (C=O) groups is 1. The molecule has 0 saturated heterocycles. The minimum atomic E-state index is -0.322. The normalized spacial score (nSPS) is 15.6. The van der Waals surface area contributed by atoms with Gasteiger partial charge in [0.05, 0.1) is 18.3 Å². The van der Waals surface area contributed by atoms with E-state index in [2.05, 4.69) is 10.3 Å². The van der Waals surface area contributed by atoms with Crippen molar-refractivity contribution in [3.63, 3.8) is 0 Å². The van der Waals surface area contributed by atoms with Crippen LogP contribution >= 0.6 is 11.3 Å². The molecule has 1 aliphatic rings. The first-order valence-electron chi connectivity index (χ1n) is 7.79. The third kappa shape index (κ3) is 4.60. The molecule has 0 radical (unpaired) electrons. The number of nitrogens with one attached hydrogen (secondary N) is 1. The molecule has 1 aromatic carbocycles. The van der Waals surface area contributed by atoms with Crippen molar-refractivity contribution in [3.8, 4) is 11.3 Å². The highest BCUT2D eigenvalue weighted by atomic mass is 32.1. The number of anilines is 1. The molecular weight excluding hydrogens is 310 g/mol. The summed E-state index contributed by atoms with van der Waals surface area (Å²) in [4.78, 5) is 18.4. The highest BCUT2D eigenvalue weighted by molar-refractivity contribution is 7.14. The van der Waals surface area contributed by atoms with Crippen LogP contribution in [-0.2, 0) is 4.79 Å². The maximum atomic E-state index is 12.1. The lowest BCUT2D eigenvalue weighted by atomic mass is 10.2. The highest BCUT2D eigenvalue weighted by Gasteiger charge is 2.30. The molecule has 1 aromatic heterocycles. The lowest BCUT2D eigenvalue weighted by molar-refractivity contribution is -0.117. The minimum Gasteiger partial charge on any atom is -0.392 e. The van der Waals surface area contributed by atoms with E-state index in [4.69, 9.17) is 0 Å². The molecule has 1 amide bonds. The van der Waals surface area contributed by atoms with Crippen LogP contribution in [0.1, 0.15) is 12.8 Å². The van der Waals surface area contributed by atoms with E-state index < -0.39 is 0 Å². The van der Waals surface area contributed by atoms with Gasteiger partial charge >= 0.3 is 0 Å². The SMILES string of the molecule is CN(CC(=O)Nc1nc(-c2ccccc2)cs1)CC(O)C1CC1. The fourth-order valence-corrected chi connectivity index (χ4v) is 3.23. The zero-order chi connectivity index (χ0) is 16.2. The van der Waals surface area contributed by atoms with E-state index in [9.17, 15) is 9.90 Å². The van der Waals surface area contributed by atoms with Crippen LogP contribution in [-0.4, -0.2) is 47.1 Å². The largest absolute Gasteiger partial charge is 0.392 e. The number of likely N-dealkylation sites (N-methyl/N-ethyl adjacent to an activating group) is 1. The van der Waals surface area contributed by atoms with E-state index in [0.717, 1.165) is 24.1 Å². The van der Waals surface area contributed by atoms with E-state index in [1.807, 2.05) is 47.7 Å². The molecule has 1 saturated carbocycles. The molecule has 1 unspecified atom stereocenters. The Balaban J connectivity index is 1.50. The van der Waals surface area contributed by atoms with E-state index in [1.54, 1.807) is 0 Å². The van der Waals surface area contributed by atoms with Gasteiger partial charge in [0.1, 0.15) is 0 Å². The fourth-order valence-electron chi connectivity index (χ4n) is 2.49. The summed E-state index contributed by atoms with van der Waals surface area (Å²) in [5, 5.41) is 15.3. The standard InChI is InChI=1S/C17H21N3O2S/c1-20(9-15(21)13-7-8-13)10-16(22)19-17-18-14(11-23-17)12-5-3-2-4-6-12/h2-6,11,13,15,21H,7-10H2,1H3,(H,18,19,22). The lowest BCUT2D eigenvalue weighted by Crippen LogP contribution is -2.36. The Morgan fingerprint density at radius 2 is 2.17 bits per heavy atom. The van der Waals surface area contributed by atoms with Gasteiger partial charge in [0.2, 0.25) is 5.91 Å². The molecule has 1 aliphatic carbocycles. The maximum Gasteiger partial charge on any atom is 0.240 e. The average molecular weight is 331 g/mol. The van der Waals surface area contributed by atoms with E-state index in [1.165, 1.54) is 11.3 Å². The summed E-state index contributed by atoms with van der Waals surface area (Å²) in [7, 11) is 1.85. The number of hydrogen-bond donors (Lipinski definition) is 2. The van der Waals surface area contributed by atoms with Gasteiger partial charge in [-0.15, -0.1) is 11.3 Å². The maximum absolute atomic E-state index is 12.1. The van der Waals surface area contributed by atoms with Crippen LogP contribution < -0.4 is 5.32 Å². The highest BCUT2D eigenvalue weighted by Crippen LogP contribution is 2.32. The molecule has 23 heavy (non-hydrogen) atoms. The van der Waals surface area contributed by atoms with Crippen LogP contribution in [0.15, 0.2) is 35.7 Å². The molecule has 6 heteroatoms. The zero-order valence-corrected chi connectivity index (χ0v) is 13.9. The van der Waals surface area contributed by atoms with Crippen molar-refractivity contribution < 1.29 is 9.90 Å². The molecule has 0 spiro atoms. The number of aromatic nitrogens is 1. The van der Waals surface area contributed by atoms with Gasteiger partial charge in [-0.3, -0.25) is 9.69 Å². The van der Waals surface area contributed by atoms with Gasteiger partial charge in [-0.2, -0.15) is 0 Å². The lowest BCUT2D eigenvalue weighted by Gasteiger charge is -2.19. The van der Waals surface area contributed by atoms with Crippen LogP contribution in [0.3, 0.4) is 0 Å². The number of nitrogens with zero attached hydrogens (tertiary/aromatic N) is 2. The van der Waals surface area contributed by atoms with Crippen LogP contribution in [0.25, 0.3) is 11.3 Å². The second kappa shape index (κ2) is 7.21. The second-order valence-electron chi connectivity index (χ2n) is 6.05. The summed E-state index contributed by atoms with van der Waals surface area (Å²) in [6.07, 6.45) is 1.88. The quantitative estimate of drug-likeness (QED) is 0.818. The Morgan fingerprint density at radius 3 is 2.87 bits per heavy atom. The van der Waals surface area contributed by atoms with Gasteiger partial charge in [-0.05, 0) is 25.8 Å². The van der Waals surface area contributed by atoms with Crippen LogP contribution in [0.4, 0.5) is 5.13 Å². The number of benzene rings is 1. The number of thiazole rings is 1. The first-order chi connectivity index (χ1) is 11.1. The van der Waals surface area contributed by atoms with Crippen molar-refractivity contribution in [3.05, 3.63) is 35.7 Å². The molecule has 1 fully saturated rings. The fraction of sp³-hybridized carbons (Fsp3) is 0.412. The van der Waals surface area contributed by atoms with Gasteiger partial charge in [0.15, 0.2) is 5.13 Å². The van der Waals surface area contributed by atoms with Crippen LogP contribution in [0, 0.1) is 5.92 Å². The smallest absolute Gasteiger partial charge is 0.240 e. The van der Waals surface area contributed by atoms with Crippen molar-refractivity contribution in [2.75, 3.05) is 25.5 Å². The Bertz CT molecular complexity index is 655. The predicted octanol–water partition coefficient (Wildman–Crippen LogP) is 2.45. The van der Waals surface area contributed by atoms with E-state index in [0.29, 0.717) is 17.6 Å². The van der Waals surface area contributed by atoms with Gasteiger partial charge in [0.25, 0.3) is 0 Å². The topological polar surface area (TPSA) is 65.5 Å². The summed E-state index contributed by atoms with van der Waals surface area (Å²) in [5.41, 5.74) is 1.90. The number of aliphatic hydroxyl groups excluding tert-OH is 1. The van der Waals surface area contributed by atoms with Gasteiger partial charge in [-0.1, -0.05) is 30.3 Å². The van der Waals surface area contributed by atoms with E-state index >= 15 is 0 Å². The van der Waals surface area contributed by atoms with E-state index in [-0.39, 0.29) is 18.6 Å². The number of rotatable bonds is 7. The Kier molecular flexibility index (Phi) is 5.05. The molecule has 1 atom stereocenters. The summed E-state index contributed by atoms with van der Waals surface area (Å²) in [6, 6.07) is 9.88. The summed E-state index contributed by atoms with van der Waals surface area (Å²) >= 11 is 1.42. The van der Waals surface area contributed by atoms with Gasteiger partial charge in [-0.25, -0.2) is 4.98 Å².